The fraction of sp³-hybridized carbons (Fsp3) is 0.640. The normalized spacial score (nSPS) is 25.8. The number of carbonyl (C=O) groups is 1. The lowest BCUT2D eigenvalue weighted by Crippen LogP contribution is -2.67. The molecule has 3 atom stereocenters. The van der Waals surface area contributed by atoms with E-state index in [0.29, 0.717) is 13.0 Å². The zero-order chi connectivity index (χ0) is 21.1. The molecule has 2 saturated heterocycles. The van der Waals surface area contributed by atoms with E-state index in [-0.39, 0.29) is 23.5 Å². The number of ether oxygens (including phenoxy) is 1. The second-order valence-corrected chi connectivity index (χ2v) is 9.25. The molecule has 0 amide bonds. The van der Waals surface area contributed by atoms with Crippen molar-refractivity contribution in [3.8, 4) is 0 Å². The fourth-order valence-corrected chi connectivity index (χ4v) is 5.22. The predicted molar refractivity (Wildman–Crippen MR) is 118 cm³/mol. The molecule has 0 aromatic heterocycles. The summed E-state index contributed by atoms with van der Waals surface area (Å²) >= 11 is 0. The van der Waals surface area contributed by atoms with Gasteiger partial charge in [-0.05, 0) is 32.3 Å². The van der Waals surface area contributed by atoms with Crippen molar-refractivity contribution in [3.63, 3.8) is 0 Å². The van der Waals surface area contributed by atoms with E-state index in [4.69, 9.17) is 4.74 Å². The van der Waals surface area contributed by atoms with Gasteiger partial charge in [-0.25, -0.2) is 4.90 Å². The Morgan fingerprint density at radius 1 is 1.31 bits per heavy atom. The van der Waals surface area contributed by atoms with E-state index >= 15 is 0 Å². The van der Waals surface area contributed by atoms with Crippen LogP contribution < -0.4 is 5.32 Å². The van der Waals surface area contributed by atoms with Gasteiger partial charge in [-0.15, -0.1) is 0 Å². The standard InChI is InChI=1S/C25H38N2O2/c1-6-8-10-13-20(7-2)23(28)29-25-16-19(3)22(17-26-18-25)27(25)24(4,5)21-14-11-9-12-15-21/h9,11-12,14-15,20,22,26H,3,6-8,10,13,16-18H2,1-2,4-5H3. The number of nitrogens with one attached hydrogen (secondary N) is 1. The van der Waals surface area contributed by atoms with Crippen LogP contribution in [0.15, 0.2) is 42.5 Å². The smallest absolute Gasteiger partial charge is 0.310 e. The summed E-state index contributed by atoms with van der Waals surface area (Å²) < 4.78 is 6.41. The molecule has 0 radical (unpaired) electrons. The van der Waals surface area contributed by atoms with Crippen LogP contribution in [0.2, 0.25) is 0 Å². The first-order valence-corrected chi connectivity index (χ1v) is 11.3. The topological polar surface area (TPSA) is 41.6 Å². The second-order valence-electron chi connectivity index (χ2n) is 9.25. The maximum absolute atomic E-state index is 13.2. The van der Waals surface area contributed by atoms with E-state index in [2.05, 4.69) is 68.8 Å². The SMILES string of the molecule is C=C1CC2(OC(=O)C(CC)CCCCC)CNCC1N2C(C)(C)c1ccccc1. The highest BCUT2D eigenvalue weighted by Crippen LogP contribution is 2.48. The van der Waals surface area contributed by atoms with Gasteiger partial charge in [-0.1, -0.05) is 75.6 Å². The minimum Gasteiger partial charge on any atom is -0.442 e. The summed E-state index contributed by atoms with van der Waals surface area (Å²) in [7, 11) is 0. The van der Waals surface area contributed by atoms with Gasteiger partial charge in [0.25, 0.3) is 0 Å². The minimum absolute atomic E-state index is 0.0214. The molecule has 2 fully saturated rings. The Morgan fingerprint density at radius 2 is 2.03 bits per heavy atom. The van der Waals surface area contributed by atoms with Gasteiger partial charge in [-0.2, -0.15) is 0 Å². The Hall–Kier alpha value is -1.65. The minimum atomic E-state index is -0.658. The molecule has 1 N–H and O–H groups in total. The molecule has 2 heterocycles. The number of piperazine rings is 1. The summed E-state index contributed by atoms with van der Waals surface area (Å²) in [4.78, 5) is 15.7. The Balaban J connectivity index is 1.88. The van der Waals surface area contributed by atoms with E-state index in [1.165, 1.54) is 18.4 Å². The maximum Gasteiger partial charge on any atom is 0.310 e. The van der Waals surface area contributed by atoms with E-state index in [9.17, 15) is 4.79 Å². The molecular formula is C25H38N2O2. The molecule has 1 aromatic rings. The summed E-state index contributed by atoms with van der Waals surface area (Å²) in [5, 5.41) is 3.51. The van der Waals surface area contributed by atoms with Crippen molar-refractivity contribution in [2.45, 2.75) is 83.5 Å². The molecule has 1 aromatic carbocycles. The monoisotopic (exact) mass is 398 g/mol. The van der Waals surface area contributed by atoms with Crippen molar-refractivity contribution in [3.05, 3.63) is 48.0 Å². The third kappa shape index (κ3) is 4.29. The Bertz CT molecular complexity index is 715. The number of nitrogens with zero attached hydrogens (tertiary/aromatic N) is 1. The lowest BCUT2D eigenvalue weighted by molar-refractivity contribution is -0.205. The summed E-state index contributed by atoms with van der Waals surface area (Å²) in [5.41, 5.74) is 1.47. The number of hydrogen-bond donors (Lipinski definition) is 1. The van der Waals surface area contributed by atoms with Gasteiger partial charge < -0.3 is 10.1 Å². The molecule has 160 valence electrons. The van der Waals surface area contributed by atoms with Crippen LogP contribution in [0.3, 0.4) is 0 Å². The number of carbonyl (C=O) groups excluding carboxylic acids is 1. The highest BCUT2D eigenvalue weighted by Gasteiger charge is 2.59. The molecule has 29 heavy (non-hydrogen) atoms. The predicted octanol–water partition coefficient (Wildman–Crippen LogP) is 5.00. The second kappa shape index (κ2) is 9.01. The molecule has 3 unspecified atom stereocenters. The number of esters is 1. The Kier molecular flexibility index (Phi) is 6.85. The van der Waals surface area contributed by atoms with Gasteiger partial charge in [0.05, 0.1) is 12.5 Å². The van der Waals surface area contributed by atoms with Crippen LogP contribution >= 0.6 is 0 Å². The van der Waals surface area contributed by atoms with E-state index in [0.717, 1.165) is 31.4 Å². The Morgan fingerprint density at radius 3 is 2.69 bits per heavy atom. The van der Waals surface area contributed by atoms with Crippen LogP contribution in [-0.2, 0) is 15.1 Å². The molecule has 2 aliphatic rings. The van der Waals surface area contributed by atoms with Crippen LogP contribution in [-0.4, -0.2) is 35.7 Å². The van der Waals surface area contributed by atoms with Crippen molar-refractivity contribution >= 4 is 5.97 Å². The number of fused-ring (bicyclic) bond motifs is 2. The molecule has 4 nitrogen and oxygen atoms in total. The molecule has 4 heteroatoms. The summed E-state index contributed by atoms with van der Waals surface area (Å²) in [6, 6.07) is 10.7. The van der Waals surface area contributed by atoms with Crippen molar-refractivity contribution in [1.29, 1.82) is 0 Å². The molecular weight excluding hydrogens is 360 g/mol. The van der Waals surface area contributed by atoms with E-state index < -0.39 is 5.72 Å². The van der Waals surface area contributed by atoms with Gasteiger partial charge >= 0.3 is 5.97 Å². The molecule has 0 spiro atoms. The number of unbranched alkanes of at least 4 members (excludes halogenated alkanes) is 2. The molecule has 2 bridgehead atoms. The van der Waals surface area contributed by atoms with Crippen LogP contribution in [0.25, 0.3) is 0 Å². The maximum atomic E-state index is 13.2. The van der Waals surface area contributed by atoms with Crippen molar-refractivity contribution in [2.75, 3.05) is 13.1 Å². The zero-order valence-corrected chi connectivity index (χ0v) is 18.7. The van der Waals surface area contributed by atoms with Gasteiger partial charge in [0, 0.05) is 24.5 Å². The average molecular weight is 399 g/mol. The van der Waals surface area contributed by atoms with Gasteiger partial charge in [-0.3, -0.25) is 4.79 Å². The third-order valence-corrected chi connectivity index (χ3v) is 6.82. The van der Waals surface area contributed by atoms with Crippen molar-refractivity contribution < 1.29 is 9.53 Å². The summed E-state index contributed by atoms with van der Waals surface area (Å²) in [5.74, 6) is -0.0681. The lowest BCUT2D eigenvalue weighted by Gasteiger charge is -2.52. The van der Waals surface area contributed by atoms with Gasteiger partial charge in [0.2, 0.25) is 0 Å². The van der Waals surface area contributed by atoms with Crippen LogP contribution in [0.4, 0.5) is 0 Å². The van der Waals surface area contributed by atoms with Gasteiger partial charge in [0.15, 0.2) is 5.72 Å². The third-order valence-electron chi connectivity index (χ3n) is 6.82. The van der Waals surface area contributed by atoms with Crippen molar-refractivity contribution in [2.24, 2.45) is 5.92 Å². The first-order valence-electron chi connectivity index (χ1n) is 11.3. The van der Waals surface area contributed by atoms with Crippen molar-refractivity contribution in [1.82, 2.24) is 10.2 Å². The fourth-order valence-electron chi connectivity index (χ4n) is 5.22. The molecule has 0 aliphatic carbocycles. The first-order chi connectivity index (χ1) is 13.9. The number of benzene rings is 1. The summed E-state index contributed by atoms with van der Waals surface area (Å²) in [6.07, 6.45) is 5.88. The molecule has 3 rings (SSSR count). The average Bonchev–Trinajstić information content (AvgIpc) is 2.88. The van der Waals surface area contributed by atoms with Crippen LogP contribution in [0, 0.1) is 5.92 Å². The van der Waals surface area contributed by atoms with E-state index in [1.807, 2.05) is 6.07 Å². The zero-order valence-electron chi connectivity index (χ0n) is 18.7. The summed E-state index contributed by atoms with van der Waals surface area (Å²) in [6.45, 7) is 14.6. The highest BCUT2D eigenvalue weighted by atomic mass is 16.6. The van der Waals surface area contributed by atoms with E-state index in [1.54, 1.807) is 0 Å². The first kappa shape index (κ1) is 22.0. The highest BCUT2D eigenvalue weighted by molar-refractivity contribution is 5.73. The van der Waals surface area contributed by atoms with Crippen LogP contribution in [0.1, 0.15) is 71.8 Å². The molecule has 0 saturated carbocycles. The number of hydrogen-bond acceptors (Lipinski definition) is 4. The largest absolute Gasteiger partial charge is 0.442 e. The Labute approximate surface area is 176 Å². The quantitative estimate of drug-likeness (QED) is 0.361. The number of rotatable bonds is 9. The molecule has 2 aliphatic heterocycles. The van der Waals surface area contributed by atoms with Crippen LogP contribution in [0.5, 0.6) is 0 Å². The lowest BCUT2D eigenvalue weighted by atomic mass is 9.88. The van der Waals surface area contributed by atoms with Gasteiger partial charge in [0.1, 0.15) is 0 Å².